The Bertz CT molecular complexity index is 817. The summed E-state index contributed by atoms with van der Waals surface area (Å²) in [6.45, 7) is 8.68. The first kappa shape index (κ1) is 22.0. The number of benzene rings is 2. The van der Waals surface area contributed by atoms with E-state index < -0.39 is 0 Å². The van der Waals surface area contributed by atoms with Gasteiger partial charge in [0.2, 0.25) is 0 Å². The SMILES string of the molecule is CCCC(Nc1ccc(C(=O)N(CC)CC)cc1)C1CCCN1c1cccc(O)c1. The number of phenolic OH excluding ortho intramolecular Hbond substituents is 1. The van der Waals surface area contributed by atoms with E-state index in [4.69, 9.17) is 0 Å². The molecule has 1 aliphatic rings. The van der Waals surface area contributed by atoms with Crippen molar-refractivity contribution in [1.29, 1.82) is 0 Å². The third kappa shape index (κ3) is 5.07. The van der Waals surface area contributed by atoms with Gasteiger partial charge in [-0.1, -0.05) is 19.4 Å². The van der Waals surface area contributed by atoms with E-state index in [0.717, 1.165) is 62.3 Å². The highest BCUT2D eigenvalue weighted by atomic mass is 16.3. The van der Waals surface area contributed by atoms with Gasteiger partial charge in [0.15, 0.2) is 0 Å². The van der Waals surface area contributed by atoms with Crippen molar-refractivity contribution in [2.24, 2.45) is 0 Å². The zero-order chi connectivity index (χ0) is 21.5. The zero-order valence-electron chi connectivity index (χ0n) is 18.5. The van der Waals surface area contributed by atoms with E-state index in [-0.39, 0.29) is 5.91 Å². The van der Waals surface area contributed by atoms with Gasteiger partial charge in [-0.2, -0.15) is 0 Å². The Morgan fingerprint density at radius 3 is 2.53 bits per heavy atom. The predicted molar refractivity (Wildman–Crippen MR) is 124 cm³/mol. The molecule has 2 aromatic carbocycles. The summed E-state index contributed by atoms with van der Waals surface area (Å²) in [5.74, 6) is 0.397. The summed E-state index contributed by atoms with van der Waals surface area (Å²) >= 11 is 0. The second-order valence-electron chi connectivity index (χ2n) is 8.02. The summed E-state index contributed by atoms with van der Waals surface area (Å²) in [5.41, 5.74) is 2.87. The molecular formula is C25H35N3O2. The molecule has 2 atom stereocenters. The average molecular weight is 410 g/mol. The van der Waals surface area contributed by atoms with E-state index in [1.54, 1.807) is 6.07 Å². The Hall–Kier alpha value is -2.69. The standard InChI is InChI=1S/C25H35N3O2/c1-4-9-23(24-12-8-17-28(24)21-10-7-11-22(29)18-21)26-20-15-13-19(14-16-20)25(30)27(5-2)6-3/h7,10-11,13-16,18,23-24,26,29H,4-6,8-9,12,17H2,1-3H3. The number of anilines is 2. The maximum atomic E-state index is 12.6. The van der Waals surface area contributed by atoms with Crippen LogP contribution in [-0.2, 0) is 0 Å². The maximum absolute atomic E-state index is 12.6. The van der Waals surface area contributed by atoms with Gasteiger partial charge >= 0.3 is 0 Å². The Morgan fingerprint density at radius 2 is 1.90 bits per heavy atom. The van der Waals surface area contributed by atoms with E-state index in [1.165, 1.54) is 0 Å². The van der Waals surface area contributed by atoms with Crippen molar-refractivity contribution in [2.75, 3.05) is 29.9 Å². The highest BCUT2D eigenvalue weighted by Gasteiger charge is 2.31. The molecular weight excluding hydrogens is 374 g/mol. The lowest BCUT2D eigenvalue weighted by atomic mass is 9.99. The molecule has 1 amide bonds. The van der Waals surface area contributed by atoms with Gasteiger partial charge in [-0.15, -0.1) is 0 Å². The number of carbonyl (C=O) groups excluding carboxylic acids is 1. The average Bonchev–Trinajstić information content (AvgIpc) is 3.24. The number of amides is 1. The molecule has 3 rings (SSSR count). The van der Waals surface area contributed by atoms with Crippen LogP contribution in [0, 0.1) is 0 Å². The number of carbonyl (C=O) groups is 1. The van der Waals surface area contributed by atoms with Gasteiger partial charge in [0.05, 0.1) is 0 Å². The molecule has 2 N–H and O–H groups in total. The largest absolute Gasteiger partial charge is 0.508 e. The van der Waals surface area contributed by atoms with Crippen molar-refractivity contribution >= 4 is 17.3 Å². The predicted octanol–water partition coefficient (Wildman–Crippen LogP) is 5.12. The molecule has 2 unspecified atom stereocenters. The van der Waals surface area contributed by atoms with Gasteiger partial charge in [-0.3, -0.25) is 4.79 Å². The molecule has 2 aromatic rings. The molecule has 1 saturated heterocycles. The second-order valence-corrected chi connectivity index (χ2v) is 8.02. The molecule has 0 bridgehead atoms. The smallest absolute Gasteiger partial charge is 0.253 e. The van der Waals surface area contributed by atoms with Crippen molar-refractivity contribution in [3.05, 3.63) is 54.1 Å². The fraction of sp³-hybridized carbons (Fsp3) is 0.480. The van der Waals surface area contributed by atoms with Crippen LogP contribution < -0.4 is 10.2 Å². The Morgan fingerprint density at radius 1 is 1.17 bits per heavy atom. The lowest BCUT2D eigenvalue weighted by molar-refractivity contribution is 0.0773. The summed E-state index contributed by atoms with van der Waals surface area (Å²) in [4.78, 5) is 16.8. The van der Waals surface area contributed by atoms with Crippen LogP contribution >= 0.6 is 0 Å². The van der Waals surface area contributed by atoms with Crippen LogP contribution in [0.3, 0.4) is 0 Å². The minimum absolute atomic E-state index is 0.0857. The van der Waals surface area contributed by atoms with Crippen LogP contribution in [0.25, 0.3) is 0 Å². The van der Waals surface area contributed by atoms with Crippen molar-refractivity contribution in [1.82, 2.24) is 4.90 Å². The Balaban J connectivity index is 1.74. The van der Waals surface area contributed by atoms with Gasteiger partial charge in [-0.05, 0) is 69.5 Å². The van der Waals surface area contributed by atoms with E-state index >= 15 is 0 Å². The number of phenols is 1. The molecule has 1 fully saturated rings. The Kier molecular flexibility index (Phi) is 7.61. The summed E-state index contributed by atoms with van der Waals surface area (Å²) in [5, 5.41) is 13.6. The van der Waals surface area contributed by atoms with E-state index in [9.17, 15) is 9.90 Å². The number of rotatable bonds is 9. The van der Waals surface area contributed by atoms with Crippen LogP contribution in [0.15, 0.2) is 48.5 Å². The Labute approximate surface area is 180 Å². The third-order valence-electron chi connectivity index (χ3n) is 6.06. The summed E-state index contributed by atoms with van der Waals surface area (Å²) in [6.07, 6.45) is 4.45. The van der Waals surface area contributed by atoms with Gasteiger partial charge in [-0.25, -0.2) is 0 Å². The minimum Gasteiger partial charge on any atom is -0.508 e. The lowest BCUT2D eigenvalue weighted by Gasteiger charge is -2.34. The molecule has 1 heterocycles. The van der Waals surface area contributed by atoms with Crippen LogP contribution in [-0.4, -0.2) is 47.6 Å². The first-order valence-electron chi connectivity index (χ1n) is 11.3. The fourth-order valence-corrected chi connectivity index (χ4v) is 4.49. The normalized spacial score (nSPS) is 17.0. The number of hydrogen-bond donors (Lipinski definition) is 2. The molecule has 1 aliphatic heterocycles. The molecule has 162 valence electrons. The fourth-order valence-electron chi connectivity index (χ4n) is 4.49. The van der Waals surface area contributed by atoms with E-state index in [1.807, 2.05) is 55.1 Å². The minimum atomic E-state index is 0.0857. The van der Waals surface area contributed by atoms with Crippen LogP contribution in [0.4, 0.5) is 11.4 Å². The van der Waals surface area contributed by atoms with Crippen molar-refractivity contribution in [3.63, 3.8) is 0 Å². The molecule has 0 spiro atoms. The van der Waals surface area contributed by atoms with Gasteiger partial charge < -0.3 is 20.2 Å². The topological polar surface area (TPSA) is 55.8 Å². The third-order valence-corrected chi connectivity index (χ3v) is 6.06. The van der Waals surface area contributed by atoms with E-state index in [0.29, 0.717) is 17.8 Å². The molecule has 0 aromatic heterocycles. The summed E-state index contributed by atoms with van der Waals surface area (Å²) in [6, 6.07) is 16.1. The lowest BCUT2D eigenvalue weighted by Crippen LogP contribution is -2.43. The van der Waals surface area contributed by atoms with Crippen LogP contribution in [0.5, 0.6) is 5.75 Å². The van der Waals surface area contributed by atoms with Crippen LogP contribution in [0.1, 0.15) is 56.8 Å². The molecule has 30 heavy (non-hydrogen) atoms. The highest BCUT2D eigenvalue weighted by Crippen LogP contribution is 2.32. The second kappa shape index (κ2) is 10.4. The molecule has 5 nitrogen and oxygen atoms in total. The monoisotopic (exact) mass is 409 g/mol. The first-order valence-corrected chi connectivity index (χ1v) is 11.3. The van der Waals surface area contributed by atoms with Crippen molar-refractivity contribution in [3.8, 4) is 5.75 Å². The highest BCUT2D eigenvalue weighted by molar-refractivity contribution is 5.94. The summed E-state index contributed by atoms with van der Waals surface area (Å²) in [7, 11) is 0. The van der Waals surface area contributed by atoms with Gasteiger partial charge in [0.25, 0.3) is 5.91 Å². The summed E-state index contributed by atoms with van der Waals surface area (Å²) < 4.78 is 0. The van der Waals surface area contributed by atoms with E-state index in [2.05, 4.69) is 23.2 Å². The molecule has 0 saturated carbocycles. The number of hydrogen-bond acceptors (Lipinski definition) is 4. The van der Waals surface area contributed by atoms with Crippen LogP contribution in [0.2, 0.25) is 0 Å². The number of nitrogens with zero attached hydrogens (tertiary/aromatic N) is 2. The number of nitrogens with one attached hydrogen (secondary N) is 1. The quantitative estimate of drug-likeness (QED) is 0.603. The molecule has 0 aliphatic carbocycles. The first-order chi connectivity index (χ1) is 14.6. The van der Waals surface area contributed by atoms with Gasteiger partial charge in [0.1, 0.15) is 5.75 Å². The molecule has 0 radical (unpaired) electrons. The molecule has 5 heteroatoms. The van der Waals surface area contributed by atoms with Gasteiger partial charge in [0, 0.05) is 54.7 Å². The van der Waals surface area contributed by atoms with Crippen molar-refractivity contribution in [2.45, 2.75) is 58.5 Å². The van der Waals surface area contributed by atoms with Crippen molar-refractivity contribution < 1.29 is 9.90 Å². The maximum Gasteiger partial charge on any atom is 0.253 e. The number of aromatic hydroxyl groups is 1. The zero-order valence-corrected chi connectivity index (χ0v) is 18.5.